The Labute approximate surface area is 110 Å². The van der Waals surface area contributed by atoms with Gasteiger partial charge in [-0.1, -0.05) is 12.1 Å². The van der Waals surface area contributed by atoms with Gasteiger partial charge in [0.2, 0.25) is 0 Å². The van der Waals surface area contributed by atoms with Crippen molar-refractivity contribution in [2.75, 3.05) is 11.9 Å². The van der Waals surface area contributed by atoms with Crippen molar-refractivity contribution in [2.45, 2.75) is 57.6 Å². The largest absolute Gasteiger partial charge is 0.382 e. The number of benzene rings is 1. The third kappa shape index (κ3) is 2.26. The van der Waals surface area contributed by atoms with E-state index in [4.69, 9.17) is 4.74 Å². The van der Waals surface area contributed by atoms with Crippen molar-refractivity contribution in [3.63, 3.8) is 0 Å². The first-order valence-electron chi connectivity index (χ1n) is 7.15. The highest BCUT2D eigenvalue weighted by Gasteiger charge is 2.42. The molecule has 98 valence electrons. The fourth-order valence-corrected chi connectivity index (χ4v) is 3.18. The Hall–Kier alpha value is -1.02. The molecule has 0 aromatic heterocycles. The van der Waals surface area contributed by atoms with Crippen LogP contribution >= 0.6 is 0 Å². The zero-order valence-corrected chi connectivity index (χ0v) is 11.5. The Balaban J connectivity index is 1.70. The van der Waals surface area contributed by atoms with Gasteiger partial charge >= 0.3 is 0 Å². The lowest BCUT2D eigenvalue weighted by Gasteiger charge is -2.47. The van der Waals surface area contributed by atoms with Crippen LogP contribution in [0.4, 0.5) is 5.69 Å². The van der Waals surface area contributed by atoms with E-state index in [0.29, 0.717) is 6.04 Å². The van der Waals surface area contributed by atoms with Gasteiger partial charge in [0.25, 0.3) is 0 Å². The van der Waals surface area contributed by atoms with Gasteiger partial charge < -0.3 is 10.1 Å². The van der Waals surface area contributed by atoms with Crippen LogP contribution in [-0.2, 0) is 4.74 Å². The minimum absolute atomic E-state index is 0.230. The number of ether oxygens (including phenoxy) is 1. The molecule has 2 aliphatic rings. The first kappa shape index (κ1) is 12.0. The van der Waals surface area contributed by atoms with Crippen LogP contribution in [0.5, 0.6) is 0 Å². The van der Waals surface area contributed by atoms with Gasteiger partial charge in [0.15, 0.2) is 0 Å². The van der Waals surface area contributed by atoms with E-state index in [2.05, 4.69) is 37.4 Å². The zero-order chi connectivity index (χ0) is 12.6. The maximum absolute atomic E-state index is 5.98. The second kappa shape index (κ2) is 4.58. The first-order chi connectivity index (χ1) is 8.67. The quantitative estimate of drug-likeness (QED) is 0.855. The lowest BCUT2D eigenvalue weighted by molar-refractivity contribution is -0.130. The summed E-state index contributed by atoms with van der Waals surface area (Å²) in [4.78, 5) is 0. The number of rotatable bonds is 2. The van der Waals surface area contributed by atoms with Crippen molar-refractivity contribution in [1.82, 2.24) is 0 Å². The molecule has 1 heterocycles. The molecular formula is C16H23NO. The Morgan fingerprint density at radius 2 is 2.11 bits per heavy atom. The van der Waals surface area contributed by atoms with Gasteiger partial charge in [-0.25, -0.2) is 0 Å². The Morgan fingerprint density at radius 1 is 1.28 bits per heavy atom. The minimum Gasteiger partial charge on any atom is -0.382 e. The summed E-state index contributed by atoms with van der Waals surface area (Å²) in [5.41, 5.74) is 4.20. The molecule has 1 unspecified atom stereocenters. The smallest absolute Gasteiger partial charge is 0.0702 e. The second-order valence-corrected chi connectivity index (χ2v) is 6.04. The van der Waals surface area contributed by atoms with Crippen LogP contribution in [0.2, 0.25) is 0 Å². The molecular weight excluding hydrogens is 222 g/mol. The first-order valence-corrected chi connectivity index (χ1v) is 7.15. The summed E-state index contributed by atoms with van der Waals surface area (Å²) in [5, 5.41) is 3.73. The van der Waals surface area contributed by atoms with Crippen molar-refractivity contribution >= 4 is 5.69 Å². The molecule has 1 atom stereocenters. The van der Waals surface area contributed by atoms with E-state index in [1.807, 2.05) is 0 Å². The van der Waals surface area contributed by atoms with Gasteiger partial charge in [-0.05, 0) is 63.1 Å². The molecule has 0 amide bonds. The summed E-state index contributed by atoms with van der Waals surface area (Å²) < 4.78 is 5.98. The molecule has 2 nitrogen and oxygen atoms in total. The average Bonchev–Trinajstić information content (AvgIpc) is 2.32. The van der Waals surface area contributed by atoms with Gasteiger partial charge in [0.05, 0.1) is 5.60 Å². The fourth-order valence-electron chi connectivity index (χ4n) is 3.18. The summed E-state index contributed by atoms with van der Waals surface area (Å²) in [6.07, 6.45) is 6.18. The second-order valence-electron chi connectivity index (χ2n) is 6.04. The maximum Gasteiger partial charge on any atom is 0.0702 e. The highest BCUT2D eigenvalue weighted by atomic mass is 16.5. The predicted molar refractivity (Wildman–Crippen MR) is 75.1 cm³/mol. The van der Waals surface area contributed by atoms with Crippen LogP contribution in [0, 0.1) is 13.8 Å². The molecule has 2 heteroatoms. The van der Waals surface area contributed by atoms with E-state index in [-0.39, 0.29) is 5.60 Å². The van der Waals surface area contributed by atoms with Crippen molar-refractivity contribution in [1.29, 1.82) is 0 Å². The summed E-state index contributed by atoms with van der Waals surface area (Å²) >= 11 is 0. The Morgan fingerprint density at radius 3 is 2.83 bits per heavy atom. The minimum atomic E-state index is 0.230. The van der Waals surface area contributed by atoms with Crippen molar-refractivity contribution in [3.05, 3.63) is 29.3 Å². The molecule has 1 spiro atoms. The lowest BCUT2D eigenvalue weighted by Crippen LogP contribution is -2.49. The molecule has 2 fully saturated rings. The molecule has 1 aliphatic heterocycles. The monoisotopic (exact) mass is 245 g/mol. The van der Waals surface area contributed by atoms with Crippen molar-refractivity contribution in [2.24, 2.45) is 0 Å². The molecule has 0 bridgehead atoms. The van der Waals surface area contributed by atoms with Crippen LogP contribution in [-0.4, -0.2) is 18.2 Å². The average molecular weight is 245 g/mol. The number of hydrogen-bond donors (Lipinski definition) is 1. The van der Waals surface area contributed by atoms with Crippen LogP contribution in [0.3, 0.4) is 0 Å². The van der Waals surface area contributed by atoms with E-state index in [1.54, 1.807) is 0 Å². The van der Waals surface area contributed by atoms with E-state index in [1.165, 1.54) is 42.5 Å². The van der Waals surface area contributed by atoms with Crippen molar-refractivity contribution in [3.8, 4) is 0 Å². The highest BCUT2D eigenvalue weighted by molar-refractivity contribution is 5.53. The zero-order valence-electron chi connectivity index (χ0n) is 11.5. The SMILES string of the molecule is Cc1ccc(C)c(NC2CCOC3(CCC3)C2)c1. The summed E-state index contributed by atoms with van der Waals surface area (Å²) in [7, 11) is 0. The van der Waals surface area contributed by atoms with Crippen LogP contribution < -0.4 is 5.32 Å². The maximum atomic E-state index is 5.98. The number of hydrogen-bond acceptors (Lipinski definition) is 2. The van der Waals surface area contributed by atoms with Gasteiger partial charge in [0.1, 0.15) is 0 Å². The van der Waals surface area contributed by atoms with Gasteiger partial charge in [-0.2, -0.15) is 0 Å². The van der Waals surface area contributed by atoms with E-state index < -0.39 is 0 Å². The number of nitrogens with one attached hydrogen (secondary N) is 1. The number of aryl methyl sites for hydroxylation is 2. The molecule has 1 saturated heterocycles. The van der Waals surface area contributed by atoms with Gasteiger partial charge in [-0.3, -0.25) is 0 Å². The molecule has 1 aliphatic carbocycles. The van der Waals surface area contributed by atoms with Crippen molar-refractivity contribution < 1.29 is 4.74 Å². The lowest BCUT2D eigenvalue weighted by atomic mass is 9.74. The summed E-state index contributed by atoms with van der Waals surface area (Å²) in [6, 6.07) is 7.23. The molecule has 1 aromatic carbocycles. The molecule has 1 N–H and O–H groups in total. The molecule has 1 saturated carbocycles. The number of anilines is 1. The fraction of sp³-hybridized carbons (Fsp3) is 0.625. The normalized spacial score (nSPS) is 25.8. The molecule has 1 aromatic rings. The Kier molecular flexibility index (Phi) is 3.06. The van der Waals surface area contributed by atoms with Gasteiger partial charge in [-0.15, -0.1) is 0 Å². The standard InChI is InChI=1S/C16H23NO/c1-12-4-5-13(2)15(10-12)17-14-6-9-18-16(11-14)7-3-8-16/h4-5,10,14,17H,3,6-9,11H2,1-2H3. The summed E-state index contributed by atoms with van der Waals surface area (Å²) in [6.45, 7) is 5.25. The van der Waals surface area contributed by atoms with Crippen LogP contribution in [0.15, 0.2) is 18.2 Å². The van der Waals surface area contributed by atoms with E-state index in [0.717, 1.165) is 13.0 Å². The topological polar surface area (TPSA) is 21.3 Å². The third-order valence-electron chi connectivity index (χ3n) is 4.51. The summed E-state index contributed by atoms with van der Waals surface area (Å²) in [5.74, 6) is 0. The molecule has 18 heavy (non-hydrogen) atoms. The van der Waals surface area contributed by atoms with E-state index in [9.17, 15) is 0 Å². The van der Waals surface area contributed by atoms with Crippen LogP contribution in [0.25, 0.3) is 0 Å². The van der Waals surface area contributed by atoms with Gasteiger partial charge in [0, 0.05) is 18.3 Å². The van der Waals surface area contributed by atoms with E-state index >= 15 is 0 Å². The molecule has 0 radical (unpaired) electrons. The molecule has 3 rings (SSSR count). The predicted octanol–water partition coefficient (Wildman–Crippen LogP) is 3.82. The highest BCUT2D eigenvalue weighted by Crippen LogP contribution is 2.42. The van der Waals surface area contributed by atoms with Crippen LogP contribution in [0.1, 0.15) is 43.2 Å². The third-order valence-corrected chi connectivity index (χ3v) is 4.51. The Bertz CT molecular complexity index is 437.